The van der Waals surface area contributed by atoms with Crippen LogP contribution in [0.3, 0.4) is 0 Å². The van der Waals surface area contributed by atoms with Gasteiger partial charge in [0.2, 0.25) is 5.91 Å². The molecule has 0 atom stereocenters. The molecular formula is C14H28N4O4. The van der Waals surface area contributed by atoms with E-state index in [2.05, 4.69) is 16.0 Å². The molecule has 0 aliphatic rings. The number of hydrogen-bond acceptors (Lipinski definition) is 4. The molecule has 4 amide bonds. The van der Waals surface area contributed by atoms with Crippen LogP contribution < -0.4 is 16.0 Å². The van der Waals surface area contributed by atoms with Gasteiger partial charge in [-0.1, -0.05) is 0 Å². The molecule has 0 fully saturated rings. The molecular weight excluding hydrogens is 288 g/mol. The molecule has 3 N–H and O–H groups in total. The van der Waals surface area contributed by atoms with Gasteiger partial charge in [0.15, 0.2) is 0 Å². The fourth-order valence-electron chi connectivity index (χ4n) is 1.52. The Morgan fingerprint density at radius 3 is 2.00 bits per heavy atom. The van der Waals surface area contributed by atoms with E-state index in [1.807, 2.05) is 13.8 Å². The van der Waals surface area contributed by atoms with Gasteiger partial charge in [-0.25, -0.2) is 9.59 Å². The van der Waals surface area contributed by atoms with Crippen LogP contribution in [0.25, 0.3) is 0 Å². The Labute approximate surface area is 131 Å². The zero-order chi connectivity index (χ0) is 17.2. The van der Waals surface area contributed by atoms with Crippen molar-refractivity contribution in [3.63, 3.8) is 0 Å². The maximum atomic E-state index is 11.6. The lowest BCUT2D eigenvalue weighted by Gasteiger charge is -2.20. The average Bonchev–Trinajstić information content (AvgIpc) is 2.41. The van der Waals surface area contributed by atoms with Gasteiger partial charge in [0.1, 0.15) is 5.60 Å². The summed E-state index contributed by atoms with van der Waals surface area (Å²) in [4.78, 5) is 36.1. The van der Waals surface area contributed by atoms with Crippen molar-refractivity contribution < 1.29 is 19.1 Å². The van der Waals surface area contributed by atoms with Crippen LogP contribution in [0.4, 0.5) is 9.59 Å². The Kier molecular flexibility index (Phi) is 8.97. The van der Waals surface area contributed by atoms with E-state index in [4.69, 9.17) is 4.74 Å². The van der Waals surface area contributed by atoms with E-state index >= 15 is 0 Å². The van der Waals surface area contributed by atoms with Gasteiger partial charge in [0, 0.05) is 26.2 Å². The van der Waals surface area contributed by atoms with Crippen LogP contribution in [0.2, 0.25) is 0 Å². The first-order chi connectivity index (χ1) is 10.2. The van der Waals surface area contributed by atoms with Crippen LogP contribution in [0, 0.1) is 0 Å². The normalized spacial score (nSPS) is 10.6. The van der Waals surface area contributed by atoms with Gasteiger partial charge in [-0.15, -0.1) is 0 Å². The minimum Gasteiger partial charge on any atom is -0.444 e. The second-order valence-electron chi connectivity index (χ2n) is 5.61. The molecule has 0 aliphatic carbocycles. The van der Waals surface area contributed by atoms with Gasteiger partial charge in [0.05, 0.1) is 6.54 Å². The first-order valence-corrected chi connectivity index (χ1v) is 7.46. The molecule has 0 aliphatic heterocycles. The van der Waals surface area contributed by atoms with Crippen LogP contribution in [-0.2, 0) is 9.53 Å². The Morgan fingerprint density at radius 1 is 0.955 bits per heavy atom. The average molecular weight is 316 g/mol. The third-order valence-corrected chi connectivity index (χ3v) is 2.57. The van der Waals surface area contributed by atoms with E-state index in [9.17, 15) is 14.4 Å². The molecule has 22 heavy (non-hydrogen) atoms. The molecule has 8 heteroatoms. The topological polar surface area (TPSA) is 99.8 Å². The minimum atomic E-state index is -0.641. The SMILES string of the molecule is CCN(CC)C(=O)NCCNC(=O)CNC(=O)OC(C)(C)C. The molecule has 0 aromatic rings. The standard InChI is InChI=1S/C14H28N4O4/c1-6-18(7-2)12(20)16-9-8-15-11(19)10-17-13(21)22-14(3,4)5/h6-10H2,1-5H3,(H,15,19)(H,16,20)(H,17,21). The van der Waals surface area contributed by atoms with Crippen LogP contribution in [0.15, 0.2) is 0 Å². The van der Waals surface area contributed by atoms with E-state index in [1.54, 1.807) is 25.7 Å². The monoisotopic (exact) mass is 316 g/mol. The number of alkyl carbamates (subject to hydrolysis) is 1. The van der Waals surface area contributed by atoms with Crippen molar-refractivity contribution in [3.8, 4) is 0 Å². The van der Waals surface area contributed by atoms with E-state index in [-0.39, 0.29) is 18.5 Å². The van der Waals surface area contributed by atoms with Crippen molar-refractivity contribution in [2.75, 3.05) is 32.7 Å². The first kappa shape index (κ1) is 20.0. The Hall–Kier alpha value is -1.99. The number of nitrogens with zero attached hydrogens (tertiary/aromatic N) is 1. The number of nitrogens with one attached hydrogen (secondary N) is 3. The summed E-state index contributed by atoms with van der Waals surface area (Å²) in [7, 11) is 0. The van der Waals surface area contributed by atoms with Crippen molar-refractivity contribution >= 4 is 18.0 Å². The summed E-state index contributed by atoms with van der Waals surface area (Å²) in [5.41, 5.74) is -0.602. The van der Waals surface area contributed by atoms with Gasteiger partial charge in [0.25, 0.3) is 0 Å². The zero-order valence-corrected chi connectivity index (χ0v) is 14.1. The van der Waals surface area contributed by atoms with Gasteiger partial charge in [-0.2, -0.15) is 0 Å². The molecule has 8 nitrogen and oxygen atoms in total. The lowest BCUT2D eigenvalue weighted by molar-refractivity contribution is -0.120. The van der Waals surface area contributed by atoms with Gasteiger partial charge in [-0.05, 0) is 34.6 Å². The highest BCUT2D eigenvalue weighted by atomic mass is 16.6. The smallest absolute Gasteiger partial charge is 0.408 e. The summed E-state index contributed by atoms with van der Waals surface area (Å²) in [5.74, 6) is -0.344. The van der Waals surface area contributed by atoms with Gasteiger partial charge >= 0.3 is 12.1 Å². The second-order valence-corrected chi connectivity index (χ2v) is 5.61. The van der Waals surface area contributed by atoms with Crippen LogP contribution in [-0.4, -0.2) is 61.3 Å². The number of carbonyl (C=O) groups is 3. The highest BCUT2D eigenvalue weighted by Crippen LogP contribution is 2.05. The van der Waals surface area contributed by atoms with E-state index in [0.29, 0.717) is 26.2 Å². The molecule has 0 aromatic carbocycles. The van der Waals surface area contributed by atoms with Crippen LogP contribution in [0.5, 0.6) is 0 Å². The van der Waals surface area contributed by atoms with Crippen molar-refractivity contribution in [2.45, 2.75) is 40.2 Å². The number of hydrogen-bond donors (Lipinski definition) is 3. The number of ether oxygens (including phenoxy) is 1. The fraction of sp³-hybridized carbons (Fsp3) is 0.786. The molecule has 0 aromatic heterocycles. The van der Waals surface area contributed by atoms with E-state index in [1.165, 1.54) is 0 Å². The molecule has 0 saturated carbocycles. The van der Waals surface area contributed by atoms with Crippen molar-refractivity contribution in [1.82, 2.24) is 20.9 Å². The lowest BCUT2D eigenvalue weighted by atomic mass is 10.2. The third-order valence-electron chi connectivity index (χ3n) is 2.57. The quantitative estimate of drug-likeness (QED) is 0.601. The van der Waals surface area contributed by atoms with Crippen molar-refractivity contribution in [2.24, 2.45) is 0 Å². The van der Waals surface area contributed by atoms with Gasteiger partial charge in [-0.3, -0.25) is 4.79 Å². The molecule has 0 unspecified atom stereocenters. The van der Waals surface area contributed by atoms with Crippen LogP contribution >= 0.6 is 0 Å². The minimum absolute atomic E-state index is 0.161. The van der Waals surface area contributed by atoms with E-state index in [0.717, 1.165) is 0 Å². The maximum Gasteiger partial charge on any atom is 0.408 e. The van der Waals surface area contributed by atoms with Gasteiger partial charge < -0.3 is 25.6 Å². The summed E-state index contributed by atoms with van der Waals surface area (Å²) >= 11 is 0. The zero-order valence-electron chi connectivity index (χ0n) is 14.1. The first-order valence-electron chi connectivity index (χ1n) is 7.46. The predicted octanol–water partition coefficient (Wildman–Crippen LogP) is 0.679. The third kappa shape index (κ3) is 9.84. The number of carbonyl (C=O) groups excluding carboxylic acids is 3. The maximum absolute atomic E-state index is 11.6. The lowest BCUT2D eigenvalue weighted by Crippen LogP contribution is -2.44. The Morgan fingerprint density at radius 2 is 1.50 bits per heavy atom. The summed E-state index contributed by atoms with van der Waals surface area (Å²) in [5, 5.41) is 7.64. The molecule has 0 spiro atoms. The largest absolute Gasteiger partial charge is 0.444 e. The molecule has 128 valence electrons. The highest BCUT2D eigenvalue weighted by molar-refractivity contribution is 5.82. The summed E-state index contributed by atoms with van der Waals surface area (Å²) in [6.45, 7) is 10.7. The predicted molar refractivity (Wildman–Crippen MR) is 83.6 cm³/mol. The fourth-order valence-corrected chi connectivity index (χ4v) is 1.52. The highest BCUT2D eigenvalue weighted by Gasteiger charge is 2.16. The van der Waals surface area contributed by atoms with Crippen molar-refractivity contribution in [1.29, 1.82) is 0 Å². The van der Waals surface area contributed by atoms with Crippen molar-refractivity contribution in [3.05, 3.63) is 0 Å². The molecule has 0 saturated heterocycles. The molecule has 0 heterocycles. The van der Waals surface area contributed by atoms with E-state index < -0.39 is 11.7 Å². The number of rotatable bonds is 7. The molecule has 0 bridgehead atoms. The Balaban J connectivity index is 3.79. The second kappa shape index (κ2) is 9.86. The van der Waals surface area contributed by atoms with Crippen LogP contribution in [0.1, 0.15) is 34.6 Å². The molecule has 0 radical (unpaired) electrons. The Bertz CT molecular complexity index is 376. The summed E-state index contributed by atoms with van der Waals surface area (Å²) in [6, 6.07) is -0.161. The summed E-state index contributed by atoms with van der Waals surface area (Å²) in [6.07, 6.45) is -0.641. The number of urea groups is 1. The summed E-state index contributed by atoms with van der Waals surface area (Å²) < 4.78 is 5.00. The number of amides is 4. The molecule has 0 rings (SSSR count).